The molecule has 0 fully saturated rings. The number of carbonyl (C=O) groups excluding carboxylic acids is 3. The van der Waals surface area contributed by atoms with Crippen molar-refractivity contribution < 1.29 is 42.8 Å². The highest BCUT2D eigenvalue weighted by Gasteiger charge is 2.24. The van der Waals surface area contributed by atoms with Gasteiger partial charge in [-0.3, -0.25) is 0 Å². The molecular formula is C66H75N3O9. The van der Waals surface area contributed by atoms with Gasteiger partial charge in [-0.05, 0) is 128 Å². The van der Waals surface area contributed by atoms with Crippen LogP contribution in [0.4, 0.5) is 0 Å². The van der Waals surface area contributed by atoms with Gasteiger partial charge < -0.3 is 43.1 Å². The summed E-state index contributed by atoms with van der Waals surface area (Å²) in [5.74, 6) is -1.37. The van der Waals surface area contributed by atoms with E-state index in [9.17, 15) is 14.4 Å². The van der Waals surface area contributed by atoms with Crippen molar-refractivity contribution in [3.05, 3.63) is 180 Å². The van der Waals surface area contributed by atoms with Crippen molar-refractivity contribution in [3.63, 3.8) is 0 Å². The van der Waals surface area contributed by atoms with E-state index in [0.29, 0.717) is 56.7 Å². The van der Waals surface area contributed by atoms with Crippen LogP contribution in [0.5, 0.6) is 34.5 Å². The van der Waals surface area contributed by atoms with Gasteiger partial charge in [0.1, 0.15) is 71.0 Å². The van der Waals surface area contributed by atoms with Gasteiger partial charge in [-0.15, -0.1) is 0 Å². The molecule has 0 aliphatic heterocycles. The second-order valence-electron chi connectivity index (χ2n) is 18.9. The minimum Gasteiger partial charge on any atom is -0.491 e. The van der Waals surface area contributed by atoms with Gasteiger partial charge in [-0.1, -0.05) is 151 Å². The molecule has 0 aliphatic rings. The lowest BCUT2D eigenvalue weighted by Crippen LogP contribution is -2.29. The maximum atomic E-state index is 14.7. The summed E-state index contributed by atoms with van der Waals surface area (Å²) in [6.45, 7) is 21.1. The Hall–Kier alpha value is -7.77. The monoisotopic (exact) mass is 1050 g/mol. The third-order valence-electron chi connectivity index (χ3n) is 13.4. The zero-order chi connectivity index (χ0) is 55.1. The number of hydrogen-bond acceptors (Lipinski definition) is 12. The predicted molar refractivity (Wildman–Crippen MR) is 311 cm³/mol. The zero-order valence-corrected chi connectivity index (χ0v) is 46.2. The summed E-state index contributed by atoms with van der Waals surface area (Å²) < 4.78 is 37.6. The van der Waals surface area contributed by atoms with Crippen LogP contribution in [0.25, 0.3) is 33.4 Å². The Kier molecular flexibility index (Phi) is 22.5. The van der Waals surface area contributed by atoms with Crippen LogP contribution in [0, 0.1) is 0 Å². The van der Waals surface area contributed by atoms with Gasteiger partial charge in [-0.25, -0.2) is 14.4 Å². The Balaban J connectivity index is 1.27. The van der Waals surface area contributed by atoms with Crippen LogP contribution in [0.3, 0.4) is 0 Å². The second-order valence-corrected chi connectivity index (χ2v) is 18.9. The average molecular weight is 1050 g/mol. The molecule has 0 spiro atoms. The summed E-state index contributed by atoms with van der Waals surface area (Å²) in [5, 5.41) is 0. The lowest BCUT2D eigenvalue weighted by molar-refractivity contribution is 0.0726. The van der Waals surface area contributed by atoms with E-state index in [-0.39, 0.29) is 33.9 Å². The normalized spacial score (nSPS) is 11.2. The Bertz CT molecular complexity index is 2670. The lowest BCUT2D eigenvalue weighted by Gasteiger charge is -2.20. The van der Waals surface area contributed by atoms with Crippen molar-refractivity contribution in [2.24, 2.45) is 0 Å². The fourth-order valence-corrected chi connectivity index (χ4v) is 9.17. The van der Waals surface area contributed by atoms with Crippen LogP contribution in [0.1, 0.15) is 91.9 Å². The Labute approximate surface area is 461 Å². The molecule has 0 radical (unpaired) electrons. The molecule has 408 valence electrons. The number of ether oxygens (including phenoxy) is 6. The molecule has 0 aliphatic carbocycles. The van der Waals surface area contributed by atoms with Gasteiger partial charge in [0.05, 0.1) is 0 Å². The first kappa shape index (κ1) is 57.9. The molecule has 0 amide bonds. The summed E-state index contributed by atoms with van der Waals surface area (Å²) in [6.07, 6.45) is 3.00. The van der Waals surface area contributed by atoms with Crippen molar-refractivity contribution in [2.75, 3.05) is 78.7 Å². The number of likely N-dealkylation sites (N-methyl/N-ethyl adjacent to an activating group) is 3. The number of rotatable bonds is 30. The number of benzene rings is 7. The van der Waals surface area contributed by atoms with Gasteiger partial charge in [-0.2, -0.15) is 0 Å². The summed E-state index contributed by atoms with van der Waals surface area (Å²) in [4.78, 5) is 50.9. The van der Waals surface area contributed by atoms with E-state index in [0.717, 1.165) is 91.9 Å². The molecule has 7 rings (SSSR count). The van der Waals surface area contributed by atoms with Crippen molar-refractivity contribution >= 4 is 17.9 Å². The highest BCUT2D eigenvalue weighted by Crippen LogP contribution is 2.35. The highest BCUT2D eigenvalue weighted by atomic mass is 16.6. The number of nitrogens with zero attached hydrogens (tertiary/aromatic N) is 3. The smallest absolute Gasteiger partial charge is 0.347 e. The van der Waals surface area contributed by atoms with Crippen molar-refractivity contribution in [3.8, 4) is 67.9 Å². The summed E-state index contributed by atoms with van der Waals surface area (Å²) in [7, 11) is 0. The van der Waals surface area contributed by atoms with Crippen molar-refractivity contribution in [1.82, 2.24) is 14.7 Å². The van der Waals surface area contributed by atoms with E-state index >= 15 is 0 Å². The Morgan fingerprint density at radius 2 is 0.590 bits per heavy atom. The largest absolute Gasteiger partial charge is 0.491 e. The second kappa shape index (κ2) is 30.2. The highest BCUT2D eigenvalue weighted by molar-refractivity contribution is 5.98. The molecule has 0 heterocycles. The van der Waals surface area contributed by atoms with E-state index in [4.69, 9.17) is 28.4 Å². The van der Waals surface area contributed by atoms with Crippen LogP contribution in [0.15, 0.2) is 164 Å². The molecule has 0 N–H and O–H groups in total. The molecule has 0 saturated heterocycles. The van der Waals surface area contributed by atoms with Crippen LogP contribution >= 0.6 is 0 Å². The van der Waals surface area contributed by atoms with Gasteiger partial charge in [0.15, 0.2) is 0 Å². The average Bonchev–Trinajstić information content (AvgIpc) is 3.47. The van der Waals surface area contributed by atoms with Gasteiger partial charge in [0.2, 0.25) is 0 Å². The van der Waals surface area contributed by atoms with Crippen LogP contribution in [-0.4, -0.2) is 111 Å². The molecule has 7 aromatic carbocycles. The zero-order valence-electron chi connectivity index (χ0n) is 46.2. The summed E-state index contributed by atoms with van der Waals surface area (Å²) in [6, 6.07) is 49.7. The van der Waals surface area contributed by atoms with Gasteiger partial charge in [0, 0.05) is 37.8 Å². The molecule has 12 nitrogen and oxygen atoms in total. The van der Waals surface area contributed by atoms with E-state index in [2.05, 4.69) is 56.2 Å². The first-order valence-corrected chi connectivity index (χ1v) is 27.6. The Morgan fingerprint density at radius 1 is 0.321 bits per heavy atom. The molecule has 0 atom stereocenters. The maximum absolute atomic E-state index is 14.7. The first-order chi connectivity index (χ1) is 38.1. The third kappa shape index (κ3) is 16.6. The van der Waals surface area contributed by atoms with Gasteiger partial charge >= 0.3 is 17.9 Å². The molecule has 0 bridgehead atoms. The number of esters is 3. The van der Waals surface area contributed by atoms with Crippen molar-refractivity contribution in [2.45, 2.75) is 60.8 Å². The molecule has 78 heavy (non-hydrogen) atoms. The van der Waals surface area contributed by atoms with E-state index in [1.165, 1.54) is 18.2 Å². The van der Waals surface area contributed by atoms with Crippen LogP contribution < -0.4 is 28.4 Å². The molecule has 12 heteroatoms. The maximum Gasteiger partial charge on any atom is 0.347 e. The predicted octanol–water partition coefficient (Wildman–Crippen LogP) is 13.7. The Morgan fingerprint density at radius 3 is 0.833 bits per heavy atom. The topological polar surface area (TPSA) is 116 Å². The minimum absolute atomic E-state index is 0.0561. The number of hydrogen-bond donors (Lipinski definition) is 0. The summed E-state index contributed by atoms with van der Waals surface area (Å²) in [5.41, 5.74) is 5.55. The fraction of sp³-hybridized carbons (Fsp3) is 0.318. The first-order valence-electron chi connectivity index (χ1n) is 27.6. The van der Waals surface area contributed by atoms with E-state index in [1.54, 1.807) is 36.4 Å². The molecule has 0 aromatic heterocycles. The summed E-state index contributed by atoms with van der Waals surface area (Å²) >= 11 is 0. The quantitative estimate of drug-likeness (QED) is 0.0315. The van der Waals surface area contributed by atoms with Gasteiger partial charge in [0.25, 0.3) is 0 Å². The molecule has 0 unspecified atom stereocenters. The minimum atomic E-state index is -0.740. The van der Waals surface area contributed by atoms with Crippen LogP contribution in [-0.2, 0) is 0 Å². The molecule has 0 saturated carbocycles. The number of carbonyl (C=O) groups is 3. The lowest BCUT2D eigenvalue weighted by atomic mass is 10.0. The molecule has 7 aromatic rings. The van der Waals surface area contributed by atoms with Crippen LogP contribution in [0.2, 0.25) is 0 Å². The standard InChI is InChI=1S/C66H75N3O9/c1-7-34-67(10-4)37-40-73-61-31-28-52(49-22-16-13-17-23-49)43-58(61)64(70)76-55-46-56(77-65(71)59-44-53(50-24-18-14-19-25-50)29-32-62(59)74-41-38-68(11-5)35-8-2)48-57(47-55)78-66(72)60-45-54(51-26-20-15-21-27-51)30-33-63(60)75-42-39-69(12-6)36-9-3/h13-33,43-48H,7-12,34-42H2,1-6H3. The molecular weight excluding hydrogens is 979 g/mol. The van der Waals surface area contributed by atoms with Crippen molar-refractivity contribution in [1.29, 1.82) is 0 Å². The fourth-order valence-electron chi connectivity index (χ4n) is 9.17. The van der Waals surface area contributed by atoms with E-state index < -0.39 is 17.9 Å². The van der Waals surface area contributed by atoms with E-state index in [1.807, 2.05) is 109 Å². The SMILES string of the molecule is CCCN(CC)CCOc1ccc(-c2ccccc2)cc1C(=O)Oc1cc(OC(=O)c2cc(-c3ccccc3)ccc2OCCN(CC)CCC)cc(OC(=O)c2cc(-c3ccccc3)ccc2OCCN(CC)CCC)c1. The third-order valence-corrected chi connectivity index (χ3v) is 13.4.